The molecule has 178 valence electrons. The summed E-state index contributed by atoms with van der Waals surface area (Å²) in [6.07, 6.45) is 4.45. The van der Waals surface area contributed by atoms with Gasteiger partial charge in [0.05, 0.1) is 28.8 Å². The number of likely N-dealkylation sites (N-methyl/N-ethyl adjacent to an activating group) is 1. The first-order valence-corrected chi connectivity index (χ1v) is 13.5. The highest BCUT2D eigenvalue weighted by molar-refractivity contribution is 7.94. The number of pyridine rings is 1. The van der Waals surface area contributed by atoms with Crippen LogP contribution in [0, 0.1) is 0 Å². The number of aromatic nitrogens is 3. The van der Waals surface area contributed by atoms with E-state index in [4.69, 9.17) is 4.98 Å². The number of hydrogen-bond donors (Lipinski definition) is 1. The molecule has 1 spiro atoms. The van der Waals surface area contributed by atoms with Gasteiger partial charge in [-0.2, -0.15) is 0 Å². The first-order chi connectivity index (χ1) is 16.5. The average molecular weight is 480 g/mol. The minimum atomic E-state index is -2.94. The molecule has 6 rings (SSSR count). The van der Waals surface area contributed by atoms with Crippen molar-refractivity contribution in [2.24, 2.45) is 0 Å². The summed E-state index contributed by atoms with van der Waals surface area (Å²) in [6.45, 7) is 8.56. The van der Waals surface area contributed by atoms with Crippen LogP contribution in [0.15, 0.2) is 42.7 Å². The minimum absolute atomic E-state index is 0.313. The predicted molar refractivity (Wildman–Crippen MR) is 135 cm³/mol. The Hall–Kier alpha value is -2.98. The maximum atomic E-state index is 12.2. The quantitative estimate of drug-likeness (QED) is 0.591. The van der Waals surface area contributed by atoms with Crippen LogP contribution in [0.2, 0.25) is 0 Å². The Morgan fingerprint density at radius 2 is 1.82 bits per heavy atom. The molecule has 3 saturated heterocycles. The zero-order valence-electron chi connectivity index (χ0n) is 19.3. The van der Waals surface area contributed by atoms with Crippen LogP contribution in [0.4, 0.5) is 23.1 Å². The summed E-state index contributed by atoms with van der Waals surface area (Å²) >= 11 is 0. The number of sulfone groups is 1. The molecule has 0 atom stereocenters. The second-order valence-corrected chi connectivity index (χ2v) is 12.0. The number of piperazine rings is 1. The van der Waals surface area contributed by atoms with E-state index in [1.165, 1.54) is 0 Å². The number of nitrogens with zero attached hydrogens (tertiary/aromatic N) is 6. The molecule has 5 heterocycles. The van der Waals surface area contributed by atoms with E-state index >= 15 is 0 Å². The fourth-order valence-electron chi connectivity index (χ4n) is 5.17. The van der Waals surface area contributed by atoms with Crippen LogP contribution in [0.3, 0.4) is 0 Å². The number of anilines is 4. The van der Waals surface area contributed by atoms with Crippen LogP contribution >= 0.6 is 0 Å². The van der Waals surface area contributed by atoms with Crippen molar-refractivity contribution < 1.29 is 8.42 Å². The van der Waals surface area contributed by atoms with Gasteiger partial charge in [-0.3, -0.25) is 0 Å². The van der Waals surface area contributed by atoms with Crippen molar-refractivity contribution in [1.29, 1.82) is 0 Å². The van der Waals surface area contributed by atoms with Gasteiger partial charge in [0.15, 0.2) is 9.84 Å². The lowest BCUT2D eigenvalue weighted by molar-refractivity contribution is 0.271. The van der Waals surface area contributed by atoms with E-state index in [9.17, 15) is 8.42 Å². The van der Waals surface area contributed by atoms with Crippen LogP contribution in [-0.2, 0) is 9.84 Å². The van der Waals surface area contributed by atoms with E-state index in [2.05, 4.69) is 43.0 Å². The van der Waals surface area contributed by atoms with Gasteiger partial charge >= 0.3 is 0 Å². The Morgan fingerprint density at radius 3 is 2.47 bits per heavy atom. The molecule has 3 fully saturated rings. The van der Waals surface area contributed by atoms with Gasteiger partial charge in [0.2, 0.25) is 5.95 Å². The van der Waals surface area contributed by atoms with Crippen molar-refractivity contribution in [2.45, 2.75) is 18.1 Å². The van der Waals surface area contributed by atoms with Crippen molar-refractivity contribution in [3.8, 4) is 0 Å². The van der Waals surface area contributed by atoms with E-state index in [1.54, 1.807) is 6.20 Å². The smallest absolute Gasteiger partial charge is 0.228 e. The van der Waals surface area contributed by atoms with Gasteiger partial charge in [0.25, 0.3) is 0 Å². The van der Waals surface area contributed by atoms with Gasteiger partial charge in [-0.05, 0) is 31.2 Å². The fraction of sp³-hybridized carbons (Fsp3) is 0.458. The van der Waals surface area contributed by atoms with Crippen LogP contribution in [0.25, 0.3) is 10.9 Å². The van der Waals surface area contributed by atoms with Crippen LogP contribution in [0.1, 0.15) is 13.3 Å². The first kappa shape index (κ1) is 21.5. The minimum Gasteiger partial charge on any atom is -0.368 e. The number of rotatable bonds is 5. The zero-order chi connectivity index (χ0) is 23.3. The number of hydrogen-bond acceptors (Lipinski definition) is 9. The van der Waals surface area contributed by atoms with Gasteiger partial charge in [0.1, 0.15) is 10.6 Å². The molecule has 2 aromatic heterocycles. The van der Waals surface area contributed by atoms with E-state index in [-0.39, 0.29) is 0 Å². The second kappa shape index (κ2) is 8.06. The summed E-state index contributed by atoms with van der Waals surface area (Å²) in [5, 5.41) is 4.15. The number of benzene rings is 1. The highest BCUT2D eigenvalue weighted by atomic mass is 32.2. The summed E-state index contributed by atoms with van der Waals surface area (Å²) in [5.74, 6) is 1.48. The van der Waals surface area contributed by atoms with Gasteiger partial charge in [0, 0.05) is 50.9 Å². The van der Waals surface area contributed by atoms with Crippen molar-refractivity contribution in [3.05, 3.63) is 42.7 Å². The molecule has 0 unspecified atom stereocenters. The lowest BCUT2D eigenvalue weighted by Crippen LogP contribution is -2.72. The lowest BCUT2D eigenvalue weighted by atomic mass is 9.93. The van der Waals surface area contributed by atoms with Crippen molar-refractivity contribution in [1.82, 2.24) is 19.9 Å². The third-order valence-electron chi connectivity index (χ3n) is 7.55. The molecular weight excluding hydrogens is 450 g/mol. The standard InChI is InChI=1S/C24H29N7O2S/c1-2-29-9-11-30(12-10-29)19-6-7-21(25-15-19)27-23-26-14-18-4-3-5-20(22(18)28-23)31-16-24(17-31)8-13-34(24,32)33/h3-7,14-15H,2,8-13,16-17H2,1H3,(H,25,26,27,28). The normalized spacial score (nSPS) is 21.3. The maximum absolute atomic E-state index is 12.2. The highest BCUT2D eigenvalue weighted by Crippen LogP contribution is 2.45. The summed E-state index contributed by atoms with van der Waals surface area (Å²) < 4.78 is 23.9. The molecule has 3 aromatic rings. The predicted octanol–water partition coefficient (Wildman–Crippen LogP) is 2.29. The topological polar surface area (TPSA) is 94.6 Å². The van der Waals surface area contributed by atoms with E-state index in [0.29, 0.717) is 30.6 Å². The fourth-order valence-corrected chi connectivity index (χ4v) is 6.99. The highest BCUT2D eigenvalue weighted by Gasteiger charge is 2.59. The molecule has 10 heteroatoms. The SMILES string of the molecule is CCN1CCN(c2ccc(Nc3ncc4cccc(N5CC6(CCS6(=O)=O)C5)c4n3)nc2)CC1. The van der Waals surface area contributed by atoms with Gasteiger partial charge in [-0.25, -0.2) is 23.4 Å². The molecule has 3 aliphatic heterocycles. The number of nitrogens with one attached hydrogen (secondary N) is 1. The van der Waals surface area contributed by atoms with Crippen molar-refractivity contribution in [2.75, 3.05) is 66.7 Å². The molecule has 0 radical (unpaired) electrons. The van der Waals surface area contributed by atoms with E-state index < -0.39 is 14.6 Å². The largest absolute Gasteiger partial charge is 0.368 e. The molecule has 1 aromatic carbocycles. The monoisotopic (exact) mass is 479 g/mol. The number of fused-ring (bicyclic) bond motifs is 1. The molecule has 9 nitrogen and oxygen atoms in total. The summed E-state index contributed by atoms with van der Waals surface area (Å²) in [5.41, 5.74) is 2.89. The summed E-state index contributed by atoms with van der Waals surface area (Å²) in [4.78, 5) is 20.7. The molecule has 3 aliphatic rings. The molecule has 0 bridgehead atoms. The summed E-state index contributed by atoms with van der Waals surface area (Å²) in [6, 6.07) is 9.99. The Balaban J connectivity index is 1.18. The van der Waals surface area contributed by atoms with Crippen LogP contribution in [-0.4, -0.2) is 84.6 Å². The van der Waals surface area contributed by atoms with E-state index in [1.807, 2.05) is 30.5 Å². The zero-order valence-corrected chi connectivity index (χ0v) is 20.1. The third-order valence-corrected chi connectivity index (χ3v) is 10.1. The molecule has 1 N–H and O–H groups in total. The van der Waals surface area contributed by atoms with Gasteiger partial charge in [-0.15, -0.1) is 0 Å². The Kier molecular flexibility index (Phi) is 5.11. The molecule has 0 aliphatic carbocycles. The van der Waals surface area contributed by atoms with Crippen molar-refractivity contribution in [3.63, 3.8) is 0 Å². The van der Waals surface area contributed by atoms with Gasteiger partial charge in [-0.1, -0.05) is 19.1 Å². The van der Waals surface area contributed by atoms with Crippen LogP contribution in [0.5, 0.6) is 0 Å². The van der Waals surface area contributed by atoms with Gasteiger partial charge < -0.3 is 20.0 Å². The molecule has 0 amide bonds. The summed E-state index contributed by atoms with van der Waals surface area (Å²) in [7, 11) is -2.94. The maximum Gasteiger partial charge on any atom is 0.228 e. The Labute approximate surface area is 199 Å². The van der Waals surface area contributed by atoms with E-state index in [0.717, 1.165) is 61.4 Å². The molecule has 0 saturated carbocycles. The van der Waals surface area contributed by atoms with Crippen LogP contribution < -0.4 is 15.1 Å². The Bertz CT molecular complexity index is 1310. The molecular formula is C24H29N7O2S. The Morgan fingerprint density at radius 1 is 1.00 bits per heavy atom. The third kappa shape index (κ3) is 3.56. The lowest BCUT2D eigenvalue weighted by Gasteiger charge is -2.55. The first-order valence-electron chi connectivity index (χ1n) is 11.9. The number of para-hydroxylation sites is 1. The average Bonchev–Trinajstić information content (AvgIpc) is 2.83. The second-order valence-electron chi connectivity index (χ2n) is 9.46. The molecule has 34 heavy (non-hydrogen) atoms. The van der Waals surface area contributed by atoms with Crippen molar-refractivity contribution >= 4 is 43.9 Å².